The monoisotopic (exact) mass is 438 g/mol. The van der Waals surface area contributed by atoms with E-state index < -0.39 is 0 Å². The van der Waals surface area contributed by atoms with Crippen LogP contribution in [-0.4, -0.2) is 39.7 Å². The van der Waals surface area contributed by atoms with Crippen molar-refractivity contribution in [2.75, 3.05) is 0 Å². The summed E-state index contributed by atoms with van der Waals surface area (Å²) in [5.41, 5.74) is 6.89. The molecule has 0 radical (unpaired) electrons. The van der Waals surface area contributed by atoms with Crippen LogP contribution >= 0.6 is 0 Å². The van der Waals surface area contributed by atoms with Gasteiger partial charge in [0.1, 0.15) is 17.3 Å². The van der Waals surface area contributed by atoms with Gasteiger partial charge in [-0.2, -0.15) is 5.10 Å². The van der Waals surface area contributed by atoms with Crippen molar-refractivity contribution in [1.29, 1.82) is 0 Å². The Morgan fingerprint density at radius 2 is 1.82 bits per heavy atom. The first kappa shape index (κ1) is 19.3. The molecule has 5 heterocycles. The highest BCUT2D eigenvalue weighted by atomic mass is 19.1. The van der Waals surface area contributed by atoms with Gasteiger partial charge in [-0.15, -0.1) is 0 Å². The molecule has 9 heteroatoms. The van der Waals surface area contributed by atoms with Gasteiger partial charge in [-0.25, -0.2) is 24.3 Å². The Morgan fingerprint density at radius 1 is 0.939 bits per heavy atom. The van der Waals surface area contributed by atoms with Gasteiger partial charge in [0.2, 0.25) is 0 Å². The summed E-state index contributed by atoms with van der Waals surface area (Å²) in [5, 5.41) is 8.22. The van der Waals surface area contributed by atoms with Crippen molar-refractivity contribution in [3.8, 4) is 33.9 Å². The Morgan fingerprint density at radius 3 is 2.61 bits per heavy atom. The van der Waals surface area contributed by atoms with Gasteiger partial charge >= 0.3 is 0 Å². The van der Waals surface area contributed by atoms with Crippen LogP contribution in [0.25, 0.3) is 56.1 Å². The topological polar surface area (TPSA) is 101 Å². The highest BCUT2D eigenvalue weighted by Crippen LogP contribution is 2.32. The van der Waals surface area contributed by atoms with E-state index in [9.17, 15) is 4.39 Å². The normalized spacial score (nSPS) is 11.6. The van der Waals surface area contributed by atoms with Crippen LogP contribution in [0, 0.1) is 19.7 Å². The Bertz CT molecular complexity index is 1650. The summed E-state index contributed by atoms with van der Waals surface area (Å²) in [4.78, 5) is 21.3. The number of benzene rings is 1. The number of aromatic nitrogens is 8. The highest BCUT2D eigenvalue weighted by molar-refractivity contribution is 5.96. The average molecular weight is 438 g/mol. The number of nitrogens with zero attached hydrogens (tertiary/aromatic N) is 6. The summed E-state index contributed by atoms with van der Waals surface area (Å²) >= 11 is 0. The van der Waals surface area contributed by atoms with Crippen LogP contribution in [-0.2, 0) is 7.05 Å². The molecule has 6 rings (SSSR count). The number of hydrogen-bond donors (Lipinski definition) is 2. The van der Waals surface area contributed by atoms with Crippen LogP contribution in [0.2, 0.25) is 0 Å². The summed E-state index contributed by atoms with van der Waals surface area (Å²) in [7, 11) is 1.97. The Balaban J connectivity index is 1.52. The third-order valence-electron chi connectivity index (χ3n) is 5.91. The fourth-order valence-electron chi connectivity index (χ4n) is 4.15. The quantitative estimate of drug-likeness (QED) is 0.416. The van der Waals surface area contributed by atoms with Gasteiger partial charge in [0, 0.05) is 30.6 Å². The van der Waals surface area contributed by atoms with Crippen molar-refractivity contribution in [3.05, 3.63) is 66.1 Å². The van der Waals surface area contributed by atoms with E-state index in [1.807, 2.05) is 49.9 Å². The second-order valence-electron chi connectivity index (χ2n) is 8.10. The molecular weight excluding hydrogens is 419 g/mol. The van der Waals surface area contributed by atoms with Crippen molar-refractivity contribution < 1.29 is 4.39 Å². The molecule has 0 saturated carbocycles. The lowest BCUT2D eigenvalue weighted by molar-refractivity contribution is 0.627. The van der Waals surface area contributed by atoms with Crippen LogP contribution in [0.3, 0.4) is 0 Å². The maximum atomic E-state index is 14.1. The van der Waals surface area contributed by atoms with Gasteiger partial charge in [0.05, 0.1) is 22.8 Å². The second-order valence-corrected chi connectivity index (χ2v) is 8.10. The van der Waals surface area contributed by atoms with Crippen LogP contribution in [0.5, 0.6) is 0 Å². The summed E-state index contributed by atoms with van der Waals surface area (Å²) in [6, 6.07) is 8.84. The van der Waals surface area contributed by atoms with Gasteiger partial charge in [0.25, 0.3) is 0 Å². The molecule has 0 aliphatic carbocycles. The summed E-state index contributed by atoms with van der Waals surface area (Å²) < 4.78 is 16.1. The van der Waals surface area contributed by atoms with E-state index >= 15 is 0 Å². The molecule has 1 aromatic carbocycles. The van der Waals surface area contributed by atoms with E-state index in [0.717, 1.165) is 44.7 Å². The number of rotatable bonds is 3. The molecule has 33 heavy (non-hydrogen) atoms. The van der Waals surface area contributed by atoms with Crippen molar-refractivity contribution in [3.63, 3.8) is 0 Å². The van der Waals surface area contributed by atoms with Gasteiger partial charge < -0.3 is 9.55 Å². The minimum atomic E-state index is -0.279. The molecule has 0 atom stereocenters. The van der Waals surface area contributed by atoms with Crippen LogP contribution in [0.1, 0.15) is 11.4 Å². The summed E-state index contributed by atoms with van der Waals surface area (Å²) in [5.74, 6) is 1.22. The van der Waals surface area contributed by atoms with Crippen molar-refractivity contribution in [1.82, 2.24) is 39.7 Å². The molecule has 0 fully saturated rings. The fraction of sp³-hybridized carbons (Fsp3) is 0.125. The first-order valence-corrected chi connectivity index (χ1v) is 10.4. The Kier molecular flexibility index (Phi) is 4.13. The van der Waals surface area contributed by atoms with E-state index in [0.29, 0.717) is 22.8 Å². The van der Waals surface area contributed by atoms with Gasteiger partial charge in [-0.1, -0.05) is 6.07 Å². The zero-order chi connectivity index (χ0) is 22.7. The van der Waals surface area contributed by atoms with Crippen LogP contribution in [0.15, 0.2) is 48.9 Å². The molecule has 0 amide bonds. The SMILES string of the molecule is Cc1cc(F)cc(-c2ccnc3nc(-c4[nH]nc5ncc(-c6cnc(C)n6C)cc45)[nH]c23)c1. The van der Waals surface area contributed by atoms with Crippen molar-refractivity contribution in [2.24, 2.45) is 7.05 Å². The molecule has 0 saturated heterocycles. The van der Waals surface area contributed by atoms with Gasteiger partial charge in [0.15, 0.2) is 17.1 Å². The number of aryl methyl sites for hydroxylation is 2. The van der Waals surface area contributed by atoms with E-state index in [1.165, 1.54) is 12.1 Å². The third kappa shape index (κ3) is 3.08. The Hall–Kier alpha value is -4.40. The summed E-state index contributed by atoms with van der Waals surface area (Å²) in [6.07, 6.45) is 5.29. The van der Waals surface area contributed by atoms with Crippen LogP contribution in [0.4, 0.5) is 4.39 Å². The lowest BCUT2D eigenvalue weighted by Crippen LogP contribution is -1.94. The lowest BCUT2D eigenvalue weighted by Gasteiger charge is -2.04. The molecule has 0 bridgehead atoms. The maximum Gasteiger partial charge on any atom is 0.181 e. The first-order chi connectivity index (χ1) is 16.0. The van der Waals surface area contributed by atoms with Gasteiger partial charge in [-0.3, -0.25) is 5.10 Å². The number of fused-ring (bicyclic) bond motifs is 2. The minimum absolute atomic E-state index is 0.279. The molecule has 0 spiro atoms. The van der Waals surface area contributed by atoms with Crippen LogP contribution < -0.4 is 0 Å². The highest BCUT2D eigenvalue weighted by Gasteiger charge is 2.17. The molecule has 162 valence electrons. The Labute approximate surface area is 187 Å². The zero-order valence-corrected chi connectivity index (χ0v) is 18.2. The van der Waals surface area contributed by atoms with Gasteiger partial charge in [-0.05, 0) is 49.2 Å². The van der Waals surface area contributed by atoms with Crippen molar-refractivity contribution >= 4 is 22.2 Å². The smallest absolute Gasteiger partial charge is 0.181 e. The largest absolute Gasteiger partial charge is 0.335 e. The molecule has 0 unspecified atom stereocenters. The zero-order valence-electron chi connectivity index (χ0n) is 18.2. The van der Waals surface area contributed by atoms with E-state index in [1.54, 1.807) is 12.4 Å². The predicted molar refractivity (Wildman–Crippen MR) is 124 cm³/mol. The molecule has 5 aromatic heterocycles. The standard InChI is InChI=1S/C24H19FN8/c1-12-6-14(8-16(25)7-12)17-4-5-26-23-20(17)29-24(30-23)21-18-9-15(10-28-22(18)32-31-21)19-11-27-13(2)33(19)3/h4-11H,1-3H3,(H,26,29,30)(H,28,31,32). The number of hydrogen-bond acceptors (Lipinski definition) is 5. The van der Waals surface area contributed by atoms with Crippen molar-refractivity contribution in [2.45, 2.75) is 13.8 Å². The number of halogens is 1. The van der Waals surface area contributed by atoms with E-state index in [2.05, 4.69) is 35.1 Å². The third-order valence-corrected chi connectivity index (χ3v) is 5.91. The number of imidazole rings is 2. The molecule has 0 aliphatic heterocycles. The first-order valence-electron chi connectivity index (χ1n) is 10.4. The fourth-order valence-corrected chi connectivity index (χ4v) is 4.15. The predicted octanol–water partition coefficient (Wildman–Crippen LogP) is 4.72. The molecule has 2 N–H and O–H groups in total. The number of H-pyrrole nitrogens is 2. The lowest BCUT2D eigenvalue weighted by atomic mass is 10.0. The van der Waals surface area contributed by atoms with E-state index in [-0.39, 0.29) is 5.82 Å². The molecular formula is C24H19FN8. The average Bonchev–Trinajstić information content (AvgIpc) is 3.49. The molecule has 8 nitrogen and oxygen atoms in total. The maximum absolute atomic E-state index is 14.1. The van der Waals surface area contributed by atoms with E-state index in [4.69, 9.17) is 0 Å². The second kappa shape index (κ2) is 7.06. The number of pyridine rings is 2. The minimum Gasteiger partial charge on any atom is -0.335 e. The number of nitrogens with one attached hydrogen (secondary N) is 2. The molecule has 6 aromatic rings. The molecule has 0 aliphatic rings. The summed E-state index contributed by atoms with van der Waals surface area (Å²) in [6.45, 7) is 3.83. The number of aromatic amines is 2.